The molecule has 0 atom stereocenters. The van der Waals surface area contributed by atoms with Crippen LogP contribution in [-0.4, -0.2) is 20.8 Å². The van der Waals surface area contributed by atoms with Crippen molar-refractivity contribution in [2.45, 2.75) is 32.5 Å². The number of hydrogen-bond donors (Lipinski definition) is 1. The molecule has 2 N–H and O–H groups in total. The molecule has 0 bridgehead atoms. The Morgan fingerprint density at radius 2 is 1.76 bits per heavy atom. The molecule has 21 heavy (non-hydrogen) atoms. The monoisotopic (exact) mass is 313 g/mol. The third kappa shape index (κ3) is 3.75. The van der Waals surface area contributed by atoms with Crippen molar-refractivity contribution in [3.05, 3.63) is 41.7 Å². The second kappa shape index (κ2) is 6.05. The van der Waals surface area contributed by atoms with Crippen LogP contribution in [0.25, 0.3) is 5.76 Å². The largest absolute Gasteiger partial charge is 0.450 e. The van der Waals surface area contributed by atoms with E-state index < -0.39 is 16.1 Å². The number of hydrogen-bond acceptors (Lipinski definition) is 5. The van der Waals surface area contributed by atoms with Crippen LogP contribution in [0.3, 0.4) is 0 Å². The summed E-state index contributed by atoms with van der Waals surface area (Å²) in [6, 6.07) is 9.32. The van der Waals surface area contributed by atoms with Crippen molar-refractivity contribution >= 4 is 16.1 Å². The fraction of sp³-hybridized carbons (Fsp3) is 0.429. The van der Waals surface area contributed by atoms with Gasteiger partial charge in [0.2, 0.25) is 0 Å². The third-order valence-corrected chi connectivity index (χ3v) is 3.76. The van der Waals surface area contributed by atoms with E-state index in [0.29, 0.717) is 24.4 Å². The third-order valence-electron chi connectivity index (χ3n) is 3.32. The Balaban J connectivity index is 2.32. The van der Waals surface area contributed by atoms with Crippen LogP contribution in [-0.2, 0) is 24.0 Å². The van der Waals surface area contributed by atoms with Crippen LogP contribution in [0.5, 0.6) is 0 Å². The zero-order valence-corrected chi connectivity index (χ0v) is 12.9. The van der Waals surface area contributed by atoms with E-state index >= 15 is 0 Å². The van der Waals surface area contributed by atoms with Gasteiger partial charge in [-0.25, -0.2) is 9.32 Å². The molecule has 0 unspecified atom stereocenters. The quantitative estimate of drug-likeness (QED) is 0.869. The molecule has 2 rings (SSSR count). The highest BCUT2D eigenvalue weighted by molar-refractivity contribution is 7.84. The molecule has 1 aliphatic heterocycles. The number of rotatable bonds is 6. The summed E-state index contributed by atoms with van der Waals surface area (Å²) in [5, 5.41) is 4.86. The highest BCUT2D eigenvalue weighted by Gasteiger charge is 2.40. The minimum Gasteiger partial charge on any atom is -0.450 e. The molecule has 1 aromatic carbocycles. The highest BCUT2D eigenvalue weighted by atomic mass is 32.2. The van der Waals surface area contributed by atoms with Crippen LogP contribution in [0.15, 0.2) is 36.1 Å². The standard InChI is InChI=1S/C14H19NO5S/c1-3-14(4-2)19-12(10-18-21(15,16)17)13(20-14)11-8-6-5-7-9-11/h5-9H,3-4,10H2,1-2H3,(H2,15,16,17). The molecule has 116 valence electrons. The first-order chi connectivity index (χ1) is 9.89. The summed E-state index contributed by atoms with van der Waals surface area (Å²) in [5.74, 6) is 0.0317. The van der Waals surface area contributed by atoms with Crippen molar-refractivity contribution in [3.63, 3.8) is 0 Å². The minimum absolute atomic E-state index is 0.287. The van der Waals surface area contributed by atoms with E-state index in [0.717, 1.165) is 5.56 Å². The zero-order valence-electron chi connectivity index (χ0n) is 12.0. The van der Waals surface area contributed by atoms with Crippen molar-refractivity contribution in [2.24, 2.45) is 5.14 Å². The topological polar surface area (TPSA) is 87.9 Å². The van der Waals surface area contributed by atoms with Gasteiger partial charge in [0.15, 0.2) is 11.5 Å². The smallest absolute Gasteiger partial charge is 0.333 e. The van der Waals surface area contributed by atoms with Gasteiger partial charge in [-0.1, -0.05) is 44.2 Å². The molecule has 0 saturated carbocycles. The Hall–Kier alpha value is -1.57. The average molecular weight is 313 g/mol. The van der Waals surface area contributed by atoms with Gasteiger partial charge in [0.05, 0.1) is 0 Å². The lowest BCUT2D eigenvalue weighted by Gasteiger charge is -2.26. The van der Waals surface area contributed by atoms with E-state index in [1.165, 1.54) is 0 Å². The van der Waals surface area contributed by atoms with Crippen LogP contribution >= 0.6 is 0 Å². The molecule has 7 heteroatoms. The van der Waals surface area contributed by atoms with Crippen LogP contribution in [0.2, 0.25) is 0 Å². The first kappa shape index (κ1) is 15.8. The Labute approximate surface area is 124 Å². The van der Waals surface area contributed by atoms with Gasteiger partial charge in [-0.3, -0.25) is 0 Å². The van der Waals surface area contributed by atoms with Gasteiger partial charge in [0.25, 0.3) is 5.79 Å². The maximum atomic E-state index is 11.0. The Morgan fingerprint density at radius 3 is 2.29 bits per heavy atom. The lowest BCUT2D eigenvalue weighted by Crippen LogP contribution is -2.29. The number of benzene rings is 1. The van der Waals surface area contributed by atoms with Gasteiger partial charge in [-0.2, -0.15) is 8.42 Å². The summed E-state index contributed by atoms with van der Waals surface area (Å²) in [7, 11) is -4.04. The van der Waals surface area contributed by atoms with Crippen LogP contribution in [0, 0.1) is 0 Å². The molecule has 0 spiro atoms. The molecule has 0 fully saturated rings. The summed E-state index contributed by atoms with van der Waals surface area (Å²) >= 11 is 0. The number of ether oxygens (including phenoxy) is 2. The van der Waals surface area contributed by atoms with Crippen LogP contribution < -0.4 is 5.14 Å². The van der Waals surface area contributed by atoms with E-state index in [-0.39, 0.29) is 6.61 Å². The molecule has 0 radical (unpaired) electrons. The van der Waals surface area contributed by atoms with Gasteiger partial charge in [-0.15, -0.1) is 0 Å². The molecule has 0 amide bonds. The number of nitrogens with two attached hydrogens (primary N) is 1. The first-order valence-corrected chi connectivity index (χ1v) is 8.20. The second-order valence-electron chi connectivity index (χ2n) is 4.70. The molecule has 1 aromatic rings. The van der Waals surface area contributed by atoms with Crippen molar-refractivity contribution in [1.29, 1.82) is 0 Å². The van der Waals surface area contributed by atoms with E-state index in [1.807, 2.05) is 44.2 Å². The van der Waals surface area contributed by atoms with Gasteiger partial charge in [0.1, 0.15) is 6.61 Å². The van der Waals surface area contributed by atoms with Gasteiger partial charge in [0, 0.05) is 18.4 Å². The Bertz CT molecular complexity index is 620. The molecule has 1 aliphatic rings. The van der Waals surface area contributed by atoms with E-state index in [9.17, 15) is 8.42 Å². The zero-order chi connectivity index (χ0) is 15.5. The minimum atomic E-state index is -4.04. The van der Waals surface area contributed by atoms with Crippen molar-refractivity contribution < 1.29 is 22.1 Å². The fourth-order valence-electron chi connectivity index (χ4n) is 2.11. The first-order valence-electron chi connectivity index (χ1n) is 6.73. The highest BCUT2D eigenvalue weighted by Crippen LogP contribution is 2.40. The Morgan fingerprint density at radius 1 is 1.14 bits per heavy atom. The molecule has 0 aliphatic carbocycles. The molecule has 0 saturated heterocycles. The summed E-state index contributed by atoms with van der Waals surface area (Å²) in [4.78, 5) is 0. The van der Waals surface area contributed by atoms with E-state index in [1.54, 1.807) is 0 Å². The van der Waals surface area contributed by atoms with Gasteiger partial charge in [-0.05, 0) is 0 Å². The van der Waals surface area contributed by atoms with Crippen LogP contribution in [0.1, 0.15) is 32.3 Å². The molecule has 0 aromatic heterocycles. The second-order valence-corrected chi connectivity index (χ2v) is 5.92. The molecule has 1 heterocycles. The lowest BCUT2D eigenvalue weighted by molar-refractivity contribution is -0.148. The van der Waals surface area contributed by atoms with Crippen molar-refractivity contribution in [3.8, 4) is 0 Å². The van der Waals surface area contributed by atoms with Crippen molar-refractivity contribution in [2.75, 3.05) is 6.61 Å². The van der Waals surface area contributed by atoms with E-state index in [4.69, 9.17) is 14.6 Å². The normalized spacial score (nSPS) is 17.5. The van der Waals surface area contributed by atoms with Crippen LogP contribution in [0.4, 0.5) is 0 Å². The summed E-state index contributed by atoms with van der Waals surface area (Å²) in [5.41, 5.74) is 0.800. The SMILES string of the molecule is CCC1(CC)OC(COS(N)(=O)=O)=C(c2ccccc2)O1. The molecule has 6 nitrogen and oxygen atoms in total. The average Bonchev–Trinajstić information content (AvgIpc) is 2.85. The molecular formula is C14H19NO5S. The molecular weight excluding hydrogens is 294 g/mol. The summed E-state index contributed by atoms with van der Waals surface area (Å²) < 4.78 is 38.3. The van der Waals surface area contributed by atoms with Gasteiger partial charge >= 0.3 is 10.3 Å². The fourth-order valence-corrected chi connectivity index (χ4v) is 2.38. The van der Waals surface area contributed by atoms with Gasteiger partial charge < -0.3 is 9.47 Å². The maximum absolute atomic E-state index is 11.0. The summed E-state index contributed by atoms with van der Waals surface area (Å²) in [6.07, 6.45) is 1.25. The lowest BCUT2D eigenvalue weighted by atomic mass is 10.1. The predicted molar refractivity (Wildman–Crippen MR) is 77.9 cm³/mol. The summed E-state index contributed by atoms with van der Waals surface area (Å²) in [6.45, 7) is 3.59. The van der Waals surface area contributed by atoms with E-state index in [2.05, 4.69) is 4.18 Å². The predicted octanol–water partition coefficient (Wildman–Crippen LogP) is 2.14. The Kier molecular flexibility index (Phi) is 4.55. The van der Waals surface area contributed by atoms with Crippen molar-refractivity contribution in [1.82, 2.24) is 0 Å². The maximum Gasteiger partial charge on any atom is 0.333 e.